The Balaban J connectivity index is 2.46. The lowest BCUT2D eigenvalue weighted by Crippen LogP contribution is -2.29. The first-order chi connectivity index (χ1) is 8.24. The monoisotopic (exact) mass is 290 g/mol. The molecule has 0 saturated carbocycles. The highest BCUT2D eigenvalue weighted by Gasteiger charge is 2.14. The van der Waals surface area contributed by atoms with Gasteiger partial charge < -0.3 is 0 Å². The second-order valence-electron chi connectivity index (χ2n) is 3.96. The lowest BCUT2D eigenvalue weighted by molar-refractivity contribution is 0.633. The predicted octanol–water partition coefficient (Wildman–Crippen LogP) is 3.31. The molecule has 0 fully saturated rings. The van der Waals surface area contributed by atoms with Crippen molar-refractivity contribution in [2.24, 2.45) is 5.84 Å². The molecule has 0 aliphatic rings. The number of halogens is 1. The molecule has 0 aromatic heterocycles. The van der Waals surface area contributed by atoms with Gasteiger partial charge in [0.1, 0.15) is 0 Å². The molecule has 3 N–H and O–H groups in total. The van der Waals surface area contributed by atoms with Crippen molar-refractivity contribution in [3.05, 3.63) is 69.7 Å². The Bertz CT molecular complexity index is 497. The van der Waals surface area contributed by atoms with Crippen LogP contribution in [0.3, 0.4) is 0 Å². The third kappa shape index (κ3) is 2.57. The van der Waals surface area contributed by atoms with Crippen LogP contribution in [-0.4, -0.2) is 0 Å². The van der Waals surface area contributed by atoms with Gasteiger partial charge in [0.05, 0.1) is 6.04 Å². The summed E-state index contributed by atoms with van der Waals surface area (Å²) < 4.78 is 1.10. The Kier molecular flexibility index (Phi) is 3.94. The molecule has 0 aliphatic carbocycles. The van der Waals surface area contributed by atoms with Gasteiger partial charge in [-0.3, -0.25) is 5.84 Å². The van der Waals surface area contributed by atoms with E-state index >= 15 is 0 Å². The Morgan fingerprint density at radius 1 is 1.06 bits per heavy atom. The summed E-state index contributed by atoms with van der Waals surface area (Å²) in [6.45, 7) is 2.09. The van der Waals surface area contributed by atoms with Crippen LogP contribution in [0.5, 0.6) is 0 Å². The van der Waals surface area contributed by atoms with Gasteiger partial charge in [0.15, 0.2) is 0 Å². The maximum atomic E-state index is 5.69. The molecule has 1 atom stereocenters. The van der Waals surface area contributed by atoms with Gasteiger partial charge in [-0.05, 0) is 29.7 Å². The van der Waals surface area contributed by atoms with Crippen LogP contribution in [0.2, 0.25) is 0 Å². The van der Waals surface area contributed by atoms with E-state index in [1.807, 2.05) is 30.3 Å². The first-order valence-electron chi connectivity index (χ1n) is 5.50. The fraction of sp³-hybridized carbons (Fsp3) is 0.143. The van der Waals surface area contributed by atoms with Gasteiger partial charge in [-0.25, -0.2) is 5.43 Å². The first kappa shape index (κ1) is 12.3. The van der Waals surface area contributed by atoms with E-state index in [1.165, 1.54) is 11.1 Å². The fourth-order valence-corrected chi connectivity index (χ4v) is 2.33. The van der Waals surface area contributed by atoms with Gasteiger partial charge in [0, 0.05) is 4.47 Å². The van der Waals surface area contributed by atoms with Crippen molar-refractivity contribution >= 4 is 15.9 Å². The number of hydrogen-bond acceptors (Lipinski definition) is 2. The van der Waals surface area contributed by atoms with E-state index in [1.54, 1.807) is 0 Å². The molecule has 1 unspecified atom stereocenters. The fourth-order valence-electron chi connectivity index (χ4n) is 1.95. The molecule has 0 aliphatic heterocycles. The highest BCUT2D eigenvalue weighted by atomic mass is 79.9. The van der Waals surface area contributed by atoms with Gasteiger partial charge in [-0.1, -0.05) is 58.4 Å². The van der Waals surface area contributed by atoms with E-state index in [-0.39, 0.29) is 6.04 Å². The average molecular weight is 291 g/mol. The minimum Gasteiger partial charge on any atom is -0.271 e. The molecular weight excluding hydrogens is 276 g/mol. The molecule has 0 amide bonds. The van der Waals surface area contributed by atoms with E-state index in [4.69, 9.17) is 5.84 Å². The number of hydrogen-bond donors (Lipinski definition) is 2. The Labute approximate surface area is 110 Å². The standard InChI is InChI=1S/C14H15BrN2/c1-10-12(8-5-9-13(10)15)14(17-16)11-6-3-2-4-7-11/h2-9,14,17H,16H2,1H3. The molecule has 2 nitrogen and oxygen atoms in total. The average Bonchev–Trinajstić information content (AvgIpc) is 2.37. The lowest BCUT2D eigenvalue weighted by Gasteiger charge is -2.19. The Morgan fingerprint density at radius 3 is 2.41 bits per heavy atom. The summed E-state index contributed by atoms with van der Waals surface area (Å²) in [5, 5.41) is 0. The summed E-state index contributed by atoms with van der Waals surface area (Å²) >= 11 is 3.55. The van der Waals surface area contributed by atoms with Crippen LogP contribution < -0.4 is 11.3 Å². The smallest absolute Gasteiger partial charge is 0.0713 e. The van der Waals surface area contributed by atoms with Crippen LogP contribution in [0.1, 0.15) is 22.7 Å². The number of hydrazine groups is 1. The number of rotatable bonds is 3. The molecule has 2 aromatic rings. The molecule has 0 heterocycles. The largest absolute Gasteiger partial charge is 0.271 e. The van der Waals surface area contributed by atoms with E-state index < -0.39 is 0 Å². The van der Waals surface area contributed by atoms with Crippen LogP contribution in [-0.2, 0) is 0 Å². The predicted molar refractivity (Wildman–Crippen MR) is 74.5 cm³/mol. The van der Waals surface area contributed by atoms with Crippen molar-refractivity contribution in [3.63, 3.8) is 0 Å². The van der Waals surface area contributed by atoms with Crippen LogP contribution in [0.15, 0.2) is 53.0 Å². The highest BCUT2D eigenvalue weighted by Crippen LogP contribution is 2.28. The second kappa shape index (κ2) is 5.45. The zero-order chi connectivity index (χ0) is 12.3. The number of nitrogens with one attached hydrogen (secondary N) is 1. The summed E-state index contributed by atoms with van der Waals surface area (Å²) in [6, 6.07) is 16.4. The summed E-state index contributed by atoms with van der Waals surface area (Å²) in [4.78, 5) is 0. The van der Waals surface area contributed by atoms with Crippen LogP contribution in [0.4, 0.5) is 0 Å². The van der Waals surface area contributed by atoms with Gasteiger partial charge in [0.25, 0.3) is 0 Å². The minimum atomic E-state index is 0.0219. The van der Waals surface area contributed by atoms with Gasteiger partial charge in [-0.15, -0.1) is 0 Å². The lowest BCUT2D eigenvalue weighted by atomic mass is 9.96. The van der Waals surface area contributed by atoms with E-state index in [2.05, 4.69) is 46.5 Å². The minimum absolute atomic E-state index is 0.0219. The molecule has 17 heavy (non-hydrogen) atoms. The summed E-state index contributed by atoms with van der Waals surface area (Å²) in [5.41, 5.74) is 6.44. The molecule has 0 saturated heterocycles. The van der Waals surface area contributed by atoms with Crippen LogP contribution in [0, 0.1) is 6.92 Å². The zero-order valence-corrected chi connectivity index (χ0v) is 11.2. The summed E-state index contributed by atoms with van der Waals surface area (Å²) in [5.74, 6) is 5.69. The quantitative estimate of drug-likeness (QED) is 0.672. The van der Waals surface area contributed by atoms with E-state index in [0.717, 1.165) is 10.0 Å². The SMILES string of the molecule is Cc1c(Br)cccc1C(NN)c1ccccc1. The summed E-state index contributed by atoms with van der Waals surface area (Å²) in [7, 11) is 0. The molecule has 88 valence electrons. The van der Waals surface area contributed by atoms with Crippen LogP contribution in [0.25, 0.3) is 0 Å². The molecule has 0 radical (unpaired) electrons. The number of nitrogens with two attached hydrogens (primary N) is 1. The van der Waals surface area contributed by atoms with Crippen molar-refractivity contribution in [3.8, 4) is 0 Å². The van der Waals surface area contributed by atoms with Crippen molar-refractivity contribution in [1.29, 1.82) is 0 Å². The maximum Gasteiger partial charge on any atom is 0.0713 e. The maximum absolute atomic E-state index is 5.69. The molecule has 2 rings (SSSR count). The molecule has 2 aromatic carbocycles. The molecule has 0 bridgehead atoms. The normalized spacial score (nSPS) is 12.4. The van der Waals surface area contributed by atoms with Gasteiger partial charge in [-0.2, -0.15) is 0 Å². The zero-order valence-electron chi connectivity index (χ0n) is 9.65. The first-order valence-corrected chi connectivity index (χ1v) is 6.29. The Morgan fingerprint density at radius 2 is 1.76 bits per heavy atom. The third-order valence-electron chi connectivity index (χ3n) is 2.92. The summed E-state index contributed by atoms with van der Waals surface area (Å²) in [6.07, 6.45) is 0. The van der Waals surface area contributed by atoms with Crippen molar-refractivity contribution in [2.45, 2.75) is 13.0 Å². The van der Waals surface area contributed by atoms with E-state index in [0.29, 0.717) is 0 Å². The van der Waals surface area contributed by atoms with Crippen LogP contribution >= 0.6 is 15.9 Å². The topological polar surface area (TPSA) is 38.0 Å². The highest BCUT2D eigenvalue weighted by molar-refractivity contribution is 9.10. The number of benzene rings is 2. The second-order valence-corrected chi connectivity index (χ2v) is 4.82. The van der Waals surface area contributed by atoms with Gasteiger partial charge in [0.2, 0.25) is 0 Å². The van der Waals surface area contributed by atoms with Crippen molar-refractivity contribution < 1.29 is 0 Å². The van der Waals surface area contributed by atoms with Crippen molar-refractivity contribution in [1.82, 2.24) is 5.43 Å². The molecular formula is C14H15BrN2. The molecule has 0 spiro atoms. The third-order valence-corrected chi connectivity index (χ3v) is 3.78. The van der Waals surface area contributed by atoms with Gasteiger partial charge >= 0.3 is 0 Å². The van der Waals surface area contributed by atoms with E-state index in [9.17, 15) is 0 Å². The Hall–Kier alpha value is -1.16. The van der Waals surface area contributed by atoms with Crippen molar-refractivity contribution in [2.75, 3.05) is 0 Å². The molecule has 3 heteroatoms.